The summed E-state index contributed by atoms with van der Waals surface area (Å²) in [7, 11) is 0. The van der Waals surface area contributed by atoms with Crippen LogP contribution in [0.1, 0.15) is 162 Å². The molecule has 0 aromatic rings. The van der Waals surface area contributed by atoms with Gasteiger partial charge in [-0.25, -0.2) is 0 Å². The number of carbonyl (C=O) groups is 2. The Morgan fingerprint density at radius 2 is 1.07 bits per heavy atom. The Labute approximate surface area is 278 Å². The molecule has 0 amide bonds. The van der Waals surface area contributed by atoms with Crippen molar-refractivity contribution in [2.75, 3.05) is 19.8 Å². The second-order valence-electron chi connectivity index (χ2n) is 13.1. The Kier molecular flexibility index (Phi) is 26.6. The zero-order chi connectivity index (χ0) is 33.8. The van der Waals surface area contributed by atoms with Gasteiger partial charge >= 0.3 is 11.9 Å². The summed E-state index contributed by atoms with van der Waals surface area (Å²) in [5.41, 5.74) is 0. The summed E-state index contributed by atoms with van der Waals surface area (Å²) in [4.78, 5) is 23.7. The summed E-state index contributed by atoms with van der Waals surface area (Å²) in [5, 5.41) is 39.3. The molecule has 1 heterocycles. The second-order valence-corrected chi connectivity index (χ2v) is 13.1. The summed E-state index contributed by atoms with van der Waals surface area (Å²) in [6.45, 7) is 2.41. The van der Waals surface area contributed by atoms with Crippen LogP contribution in [-0.4, -0.2) is 89.0 Å². The molecule has 0 aromatic carbocycles. The lowest BCUT2D eigenvalue weighted by atomic mass is 9.99. The van der Waals surface area contributed by atoms with Gasteiger partial charge < -0.3 is 39.4 Å². The Balaban J connectivity index is 2.02. The van der Waals surface area contributed by atoms with Gasteiger partial charge in [0.2, 0.25) is 0 Å². The van der Waals surface area contributed by atoms with E-state index in [1.165, 1.54) is 122 Å². The van der Waals surface area contributed by atoms with Crippen LogP contribution in [0.4, 0.5) is 0 Å². The Morgan fingerprint density at radius 3 is 1.48 bits per heavy atom. The highest BCUT2D eigenvalue weighted by molar-refractivity contribution is 5.69. The highest BCUT2D eigenvalue weighted by Gasteiger charge is 2.44. The number of carbonyl (C=O) groups excluding carboxylic acids is 2. The maximum absolute atomic E-state index is 12.4. The van der Waals surface area contributed by atoms with Gasteiger partial charge in [-0.05, 0) is 6.42 Å². The lowest BCUT2D eigenvalue weighted by Crippen LogP contribution is -2.59. The average molecular weight is 661 g/mol. The molecule has 6 atom stereocenters. The SMILES string of the molecule is CCCCCCCCCCCCCCCCCCCCCCCCC(=O)OC(COC(C)=O)COC1OC(CO)C(O)C(O)C1O. The number of hydrogen-bond acceptors (Lipinski definition) is 10. The van der Waals surface area contributed by atoms with E-state index < -0.39 is 55.4 Å². The fraction of sp³-hybridized carbons (Fsp3) is 0.944. The predicted octanol–water partition coefficient (Wildman–Crippen LogP) is 6.27. The lowest BCUT2D eigenvalue weighted by molar-refractivity contribution is -0.305. The third-order valence-corrected chi connectivity index (χ3v) is 8.80. The Morgan fingerprint density at radius 1 is 0.630 bits per heavy atom. The average Bonchev–Trinajstić information content (AvgIpc) is 3.04. The molecular formula is C36H68O10. The Bertz CT molecular complexity index is 734. The van der Waals surface area contributed by atoms with Gasteiger partial charge in [-0.15, -0.1) is 0 Å². The largest absolute Gasteiger partial charge is 0.462 e. The molecule has 1 aliphatic heterocycles. The minimum Gasteiger partial charge on any atom is -0.462 e. The van der Waals surface area contributed by atoms with E-state index in [0.717, 1.165) is 19.3 Å². The van der Waals surface area contributed by atoms with Gasteiger partial charge in [0.15, 0.2) is 12.4 Å². The Hall–Kier alpha value is -1.30. The van der Waals surface area contributed by atoms with E-state index in [0.29, 0.717) is 6.42 Å². The van der Waals surface area contributed by atoms with E-state index in [2.05, 4.69) is 6.92 Å². The summed E-state index contributed by atoms with van der Waals surface area (Å²) < 4.78 is 21.2. The topological polar surface area (TPSA) is 152 Å². The van der Waals surface area contributed by atoms with Crippen molar-refractivity contribution in [1.82, 2.24) is 0 Å². The van der Waals surface area contributed by atoms with Crippen molar-refractivity contribution in [1.29, 1.82) is 0 Å². The molecule has 10 heteroatoms. The minimum absolute atomic E-state index is 0.232. The zero-order valence-corrected chi connectivity index (χ0v) is 29.1. The molecule has 272 valence electrons. The molecule has 1 fully saturated rings. The first kappa shape index (κ1) is 42.7. The molecule has 1 rings (SSSR count). The molecule has 1 aliphatic rings. The second kappa shape index (κ2) is 28.7. The van der Waals surface area contributed by atoms with Crippen molar-refractivity contribution in [2.24, 2.45) is 0 Å². The van der Waals surface area contributed by atoms with Crippen LogP contribution in [0, 0.1) is 0 Å². The molecule has 0 radical (unpaired) electrons. The third kappa shape index (κ3) is 21.5. The number of rotatable bonds is 30. The monoisotopic (exact) mass is 660 g/mol. The molecular weight excluding hydrogens is 592 g/mol. The van der Waals surface area contributed by atoms with Gasteiger partial charge in [-0.3, -0.25) is 9.59 Å². The van der Waals surface area contributed by atoms with Crippen LogP contribution in [0.15, 0.2) is 0 Å². The summed E-state index contributed by atoms with van der Waals surface area (Å²) in [5.74, 6) is -0.990. The minimum atomic E-state index is -1.58. The van der Waals surface area contributed by atoms with Crippen molar-refractivity contribution in [3.05, 3.63) is 0 Å². The predicted molar refractivity (Wildman–Crippen MR) is 178 cm³/mol. The molecule has 10 nitrogen and oxygen atoms in total. The van der Waals surface area contributed by atoms with E-state index >= 15 is 0 Å². The van der Waals surface area contributed by atoms with Crippen molar-refractivity contribution in [3.8, 4) is 0 Å². The van der Waals surface area contributed by atoms with E-state index in [-0.39, 0.29) is 19.6 Å². The standard InChI is InChI=1S/C36H68O10/c1-3-4-5-6-7-8-9-10-11-12-13-14-15-16-17-18-19-20-21-22-23-24-25-32(39)45-30(27-43-29(2)38)28-44-36-35(42)34(41)33(40)31(26-37)46-36/h30-31,33-37,40-42H,3-28H2,1-2H3. The van der Waals surface area contributed by atoms with E-state index in [4.69, 9.17) is 18.9 Å². The van der Waals surface area contributed by atoms with Gasteiger partial charge in [0, 0.05) is 13.3 Å². The van der Waals surface area contributed by atoms with Crippen molar-refractivity contribution in [3.63, 3.8) is 0 Å². The lowest BCUT2D eigenvalue weighted by Gasteiger charge is -2.39. The number of unbranched alkanes of at least 4 members (excludes halogenated alkanes) is 21. The molecule has 6 unspecified atom stereocenters. The maximum atomic E-state index is 12.4. The number of aliphatic hydroxyl groups is 4. The summed E-state index contributed by atoms with van der Waals surface area (Å²) >= 11 is 0. The number of esters is 2. The first-order valence-corrected chi connectivity index (χ1v) is 18.5. The first-order chi connectivity index (χ1) is 22.3. The molecule has 0 aromatic heterocycles. The highest BCUT2D eigenvalue weighted by Crippen LogP contribution is 2.22. The summed E-state index contributed by atoms with van der Waals surface area (Å²) in [6.07, 6.45) is 20.7. The molecule has 0 bridgehead atoms. The van der Waals surface area contributed by atoms with Gasteiger partial charge in [0.25, 0.3) is 0 Å². The van der Waals surface area contributed by atoms with Crippen LogP contribution >= 0.6 is 0 Å². The van der Waals surface area contributed by atoms with Gasteiger partial charge in [-0.2, -0.15) is 0 Å². The molecule has 0 aliphatic carbocycles. The van der Waals surface area contributed by atoms with E-state index in [1.807, 2.05) is 0 Å². The number of aliphatic hydroxyl groups excluding tert-OH is 4. The first-order valence-electron chi connectivity index (χ1n) is 18.5. The van der Waals surface area contributed by atoms with Gasteiger partial charge in [0.1, 0.15) is 31.0 Å². The quantitative estimate of drug-likeness (QED) is 0.0512. The summed E-state index contributed by atoms with van der Waals surface area (Å²) in [6, 6.07) is 0. The van der Waals surface area contributed by atoms with Crippen molar-refractivity contribution >= 4 is 11.9 Å². The maximum Gasteiger partial charge on any atom is 0.306 e. The highest BCUT2D eigenvalue weighted by atomic mass is 16.7. The van der Waals surface area contributed by atoms with Crippen LogP contribution < -0.4 is 0 Å². The normalized spacial score (nSPS) is 22.1. The molecule has 0 saturated carbocycles. The molecule has 1 saturated heterocycles. The van der Waals surface area contributed by atoms with E-state index in [9.17, 15) is 30.0 Å². The number of hydrogen-bond donors (Lipinski definition) is 4. The van der Waals surface area contributed by atoms with Crippen LogP contribution in [-0.2, 0) is 28.5 Å². The van der Waals surface area contributed by atoms with Crippen LogP contribution in [0.25, 0.3) is 0 Å². The zero-order valence-electron chi connectivity index (χ0n) is 29.1. The van der Waals surface area contributed by atoms with E-state index in [1.54, 1.807) is 0 Å². The van der Waals surface area contributed by atoms with Gasteiger partial charge in [0.05, 0.1) is 13.2 Å². The third-order valence-electron chi connectivity index (χ3n) is 8.80. The number of ether oxygens (including phenoxy) is 4. The molecule has 46 heavy (non-hydrogen) atoms. The van der Waals surface area contributed by atoms with Crippen LogP contribution in [0.2, 0.25) is 0 Å². The fourth-order valence-corrected chi connectivity index (χ4v) is 5.86. The van der Waals surface area contributed by atoms with Gasteiger partial charge in [-0.1, -0.05) is 142 Å². The van der Waals surface area contributed by atoms with Crippen LogP contribution in [0.3, 0.4) is 0 Å². The molecule has 4 N–H and O–H groups in total. The fourth-order valence-electron chi connectivity index (χ4n) is 5.86. The van der Waals surface area contributed by atoms with Crippen molar-refractivity contribution < 1.29 is 49.0 Å². The van der Waals surface area contributed by atoms with Crippen LogP contribution in [0.5, 0.6) is 0 Å². The van der Waals surface area contributed by atoms with Crippen molar-refractivity contribution in [2.45, 2.75) is 198 Å². The molecule has 0 spiro atoms. The smallest absolute Gasteiger partial charge is 0.306 e.